The van der Waals surface area contributed by atoms with Crippen LogP contribution < -0.4 is 5.43 Å². The molecule has 1 fully saturated rings. The summed E-state index contributed by atoms with van der Waals surface area (Å²) in [6.07, 6.45) is 1.45. The summed E-state index contributed by atoms with van der Waals surface area (Å²) in [6, 6.07) is 14.4. The fraction of sp³-hybridized carbons (Fsp3) is 0.182. The van der Waals surface area contributed by atoms with E-state index in [1.54, 1.807) is 30.3 Å². The molecule has 1 amide bonds. The molecule has 1 heterocycles. The van der Waals surface area contributed by atoms with Crippen molar-refractivity contribution in [1.29, 1.82) is 0 Å². The molecule has 1 aliphatic heterocycles. The van der Waals surface area contributed by atoms with Gasteiger partial charge in [0.1, 0.15) is 5.75 Å². The van der Waals surface area contributed by atoms with Crippen LogP contribution in [0.15, 0.2) is 64.6 Å². The minimum Gasteiger partial charge on any atom is -0.506 e. The minimum atomic E-state index is -3.68. The molecule has 10 heteroatoms. The van der Waals surface area contributed by atoms with Crippen LogP contribution in [-0.4, -0.2) is 56.3 Å². The summed E-state index contributed by atoms with van der Waals surface area (Å²) in [5.74, 6) is -0.621. The Hall–Kier alpha value is -2.98. The Morgan fingerprint density at radius 1 is 1.09 bits per heavy atom. The molecule has 1 aliphatic rings. The van der Waals surface area contributed by atoms with Crippen molar-refractivity contribution in [3.05, 3.63) is 70.7 Å². The summed E-state index contributed by atoms with van der Waals surface area (Å²) in [5.41, 5.74) is 3.29. The van der Waals surface area contributed by atoms with Crippen molar-refractivity contribution in [2.75, 3.05) is 26.3 Å². The number of nitrogens with one attached hydrogen (secondary N) is 1. The summed E-state index contributed by atoms with van der Waals surface area (Å²) in [4.78, 5) is 12.5. The number of morpholine rings is 1. The number of hydrogen-bond donors (Lipinski definition) is 2. The average molecular weight is 474 g/mol. The van der Waals surface area contributed by atoms with Crippen LogP contribution in [0, 0.1) is 0 Å². The van der Waals surface area contributed by atoms with Crippen LogP contribution in [0.1, 0.15) is 15.9 Å². The lowest BCUT2D eigenvalue weighted by Gasteiger charge is -2.26. The lowest BCUT2D eigenvalue weighted by molar-refractivity contribution is 0.0730. The van der Waals surface area contributed by atoms with Crippen molar-refractivity contribution in [3.8, 4) is 5.75 Å². The van der Waals surface area contributed by atoms with Gasteiger partial charge in [-0.25, -0.2) is 13.8 Å². The summed E-state index contributed by atoms with van der Waals surface area (Å²) in [6.45, 7) is 1.36. The Bertz CT molecular complexity index is 1300. The molecule has 0 unspecified atom stereocenters. The molecule has 0 bridgehead atoms. The van der Waals surface area contributed by atoms with Crippen molar-refractivity contribution < 1.29 is 23.1 Å². The highest BCUT2D eigenvalue weighted by Crippen LogP contribution is 2.28. The van der Waals surface area contributed by atoms with E-state index in [4.69, 9.17) is 16.3 Å². The van der Waals surface area contributed by atoms with Gasteiger partial charge in [-0.15, -0.1) is 0 Å². The lowest BCUT2D eigenvalue weighted by Crippen LogP contribution is -2.40. The molecule has 166 valence electrons. The van der Waals surface area contributed by atoms with Crippen LogP contribution in [0.25, 0.3) is 10.8 Å². The van der Waals surface area contributed by atoms with Crippen LogP contribution in [0.3, 0.4) is 0 Å². The van der Waals surface area contributed by atoms with Crippen molar-refractivity contribution in [2.45, 2.75) is 4.90 Å². The van der Waals surface area contributed by atoms with E-state index in [0.29, 0.717) is 42.6 Å². The predicted octanol–water partition coefficient (Wildman–Crippen LogP) is 2.98. The van der Waals surface area contributed by atoms with E-state index >= 15 is 0 Å². The fourth-order valence-corrected chi connectivity index (χ4v) is 5.22. The van der Waals surface area contributed by atoms with Gasteiger partial charge in [0.2, 0.25) is 10.0 Å². The molecule has 0 aromatic heterocycles. The topological polar surface area (TPSA) is 108 Å². The first-order valence-corrected chi connectivity index (χ1v) is 11.6. The van der Waals surface area contributed by atoms with Crippen molar-refractivity contribution in [3.63, 3.8) is 0 Å². The molecule has 0 aliphatic carbocycles. The maximum absolute atomic E-state index is 13.2. The Morgan fingerprint density at radius 2 is 1.81 bits per heavy atom. The molecular formula is C22H20ClN3O5S. The number of amides is 1. The first-order chi connectivity index (χ1) is 15.4. The van der Waals surface area contributed by atoms with E-state index in [0.717, 1.165) is 0 Å². The Kier molecular flexibility index (Phi) is 6.43. The van der Waals surface area contributed by atoms with Gasteiger partial charge in [-0.05, 0) is 29.7 Å². The minimum absolute atomic E-state index is 0.0599. The van der Waals surface area contributed by atoms with Crippen LogP contribution in [-0.2, 0) is 14.8 Å². The van der Waals surface area contributed by atoms with Gasteiger partial charge in [-0.2, -0.15) is 9.41 Å². The number of sulfonamides is 1. The second-order valence-corrected chi connectivity index (χ2v) is 9.39. The predicted molar refractivity (Wildman–Crippen MR) is 122 cm³/mol. The molecule has 0 atom stereocenters. The second-order valence-electron chi connectivity index (χ2n) is 7.08. The number of benzene rings is 3. The molecule has 0 saturated carbocycles. The highest BCUT2D eigenvalue weighted by molar-refractivity contribution is 7.89. The summed E-state index contributed by atoms with van der Waals surface area (Å²) >= 11 is 5.83. The fourth-order valence-electron chi connectivity index (χ4n) is 3.43. The average Bonchev–Trinajstić information content (AvgIpc) is 2.81. The Morgan fingerprint density at radius 3 is 2.53 bits per heavy atom. The molecular weight excluding hydrogens is 454 g/mol. The molecule has 3 aromatic rings. The molecule has 3 aromatic carbocycles. The molecule has 2 N–H and O–H groups in total. The van der Waals surface area contributed by atoms with Gasteiger partial charge in [0.05, 0.1) is 29.3 Å². The number of hydrogen-bond acceptors (Lipinski definition) is 6. The van der Waals surface area contributed by atoms with E-state index in [-0.39, 0.29) is 21.2 Å². The SMILES string of the molecule is O=C(N/N=C/c1ccc(S(=O)(=O)N2CCOCC2)c2ccccc12)c1ccc(O)c(Cl)c1. The lowest BCUT2D eigenvalue weighted by atomic mass is 10.1. The maximum atomic E-state index is 13.2. The standard InChI is InChI=1S/C22H20ClN3O5S/c23-19-13-15(5-7-20(19)27)22(28)25-24-14-16-6-8-21(18-4-2-1-3-17(16)18)32(29,30)26-9-11-31-12-10-26/h1-8,13-14,27H,9-12H2,(H,25,28)/b24-14+. The number of phenols is 1. The zero-order valence-electron chi connectivity index (χ0n) is 16.9. The number of carbonyl (C=O) groups is 1. The van der Waals surface area contributed by atoms with E-state index in [1.165, 1.54) is 28.7 Å². The normalized spacial score (nSPS) is 15.3. The van der Waals surface area contributed by atoms with Crippen molar-refractivity contribution in [1.82, 2.24) is 9.73 Å². The van der Waals surface area contributed by atoms with Crippen molar-refractivity contribution in [2.24, 2.45) is 5.10 Å². The first-order valence-electron chi connectivity index (χ1n) is 9.79. The molecule has 0 radical (unpaired) electrons. The zero-order chi connectivity index (χ0) is 22.7. The number of halogens is 1. The van der Waals surface area contributed by atoms with Crippen LogP contribution in [0.5, 0.6) is 5.75 Å². The zero-order valence-corrected chi connectivity index (χ0v) is 18.4. The van der Waals surface area contributed by atoms with Gasteiger partial charge < -0.3 is 9.84 Å². The van der Waals surface area contributed by atoms with Crippen molar-refractivity contribution >= 4 is 44.5 Å². The number of hydrazone groups is 1. The van der Waals surface area contributed by atoms with E-state index < -0.39 is 15.9 Å². The Balaban J connectivity index is 1.61. The quantitative estimate of drug-likeness (QED) is 0.437. The van der Waals surface area contributed by atoms with E-state index in [9.17, 15) is 18.3 Å². The summed E-state index contributed by atoms with van der Waals surface area (Å²) < 4.78 is 33.0. The molecule has 8 nitrogen and oxygen atoms in total. The van der Waals surface area contributed by atoms with Crippen LogP contribution in [0.2, 0.25) is 5.02 Å². The number of carbonyl (C=O) groups excluding carboxylic acids is 1. The van der Waals surface area contributed by atoms with Gasteiger partial charge in [0.25, 0.3) is 5.91 Å². The largest absolute Gasteiger partial charge is 0.506 e. The third-order valence-electron chi connectivity index (χ3n) is 5.09. The number of aromatic hydroxyl groups is 1. The molecule has 1 saturated heterocycles. The summed E-state index contributed by atoms with van der Waals surface area (Å²) in [7, 11) is -3.68. The second kappa shape index (κ2) is 9.25. The maximum Gasteiger partial charge on any atom is 0.271 e. The number of ether oxygens (including phenoxy) is 1. The summed E-state index contributed by atoms with van der Waals surface area (Å²) in [5, 5.41) is 14.8. The van der Waals surface area contributed by atoms with E-state index in [1.807, 2.05) is 6.07 Å². The molecule has 32 heavy (non-hydrogen) atoms. The van der Waals surface area contributed by atoms with Crippen LogP contribution >= 0.6 is 11.6 Å². The first kappa shape index (κ1) is 22.2. The molecule has 0 spiro atoms. The van der Waals surface area contributed by atoms with Gasteiger partial charge in [-0.1, -0.05) is 41.9 Å². The van der Waals surface area contributed by atoms with Gasteiger partial charge >= 0.3 is 0 Å². The highest BCUT2D eigenvalue weighted by atomic mass is 35.5. The highest BCUT2D eigenvalue weighted by Gasteiger charge is 2.28. The number of rotatable bonds is 5. The third-order valence-corrected chi connectivity index (χ3v) is 7.34. The smallest absolute Gasteiger partial charge is 0.271 e. The van der Waals surface area contributed by atoms with Gasteiger partial charge in [0.15, 0.2) is 0 Å². The van der Waals surface area contributed by atoms with Gasteiger partial charge in [-0.3, -0.25) is 4.79 Å². The van der Waals surface area contributed by atoms with Crippen LogP contribution in [0.4, 0.5) is 0 Å². The third kappa shape index (κ3) is 4.46. The monoisotopic (exact) mass is 473 g/mol. The van der Waals surface area contributed by atoms with Gasteiger partial charge in [0, 0.05) is 29.6 Å². The number of nitrogens with zero attached hydrogens (tertiary/aromatic N) is 2. The molecule has 4 rings (SSSR count). The Labute approximate surface area is 190 Å². The van der Waals surface area contributed by atoms with E-state index in [2.05, 4.69) is 10.5 Å². The number of phenolic OH excluding ortho intramolecular Hbond substituents is 1. The number of fused-ring (bicyclic) bond motifs is 1.